The standard InChI is InChI=1S/C16H25N3O/c1-3-5-13(6-4-2)18-14-7-9-15(10-8-14)19-12-11-17-16(19)20/h7-10,13,18H,3-6,11-12H2,1-2H3,(H,17,20). The molecule has 1 aliphatic heterocycles. The molecule has 20 heavy (non-hydrogen) atoms. The van der Waals surface area contributed by atoms with Crippen molar-refractivity contribution in [3.05, 3.63) is 24.3 Å². The van der Waals surface area contributed by atoms with Crippen molar-refractivity contribution in [3.8, 4) is 0 Å². The van der Waals surface area contributed by atoms with Crippen LogP contribution in [0.2, 0.25) is 0 Å². The van der Waals surface area contributed by atoms with Crippen LogP contribution in [0.15, 0.2) is 24.3 Å². The molecule has 0 atom stereocenters. The predicted molar refractivity (Wildman–Crippen MR) is 84.4 cm³/mol. The Hall–Kier alpha value is -1.71. The summed E-state index contributed by atoms with van der Waals surface area (Å²) in [5.74, 6) is 0. The number of rotatable bonds is 7. The van der Waals surface area contributed by atoms with Crippen LogP contribution in [-0.4, -0.2) is 25.2 Å². The van der Waals surface area contributed by atoms with Crippen LogP contribution in [0.4, 0.5) is 16.2 Å². The van der Waals surface area contributed by atoms with Gasteiger partial charge in [-0.2, -0.15) is 0 Å². The van der Waals surface area contributed by atoms with E-state index in [1.54, 1.807) is 4.90 Å². The maximum Gasteiger partial charge on any atom is 0.321 e. The molecule has 1 heterocycles. The summed E-state index contributed by atoms with van der Waals surface area (Å²) in [5.41, 5.74) is 2.10. The van der Waals surface area contributed by atoms with E-state index in [0.717, 1.165) is 24.5 Å². The average molecular weight is 275 g/mol. The summed E-state index contributed by atoms with van der Waals surface area (Å²) in [4.78, 5) is 13.4. The molecule has 1 saturated heterocycles. The zero-order valence-electron chi connectivity index (χ0n) is 12.5. The lowest BCUT2D eigenvalue weighted by atomic mass is 10.1. The molecule has 1 aromatic rings. The first kappa shape index (κ1) is 14.7. The first-order chi connectivity index (χ1) is 9.74. The molecular weight excluding hydrogens is 250 g/mol. The highest BCUT2D eigenvalue weighted by Crippen LogP contribution is 2.21. The van der Waals surface area contributed by atoms with Crippen LogP contribution in [0, 0.1) is 0 Å². The molecule has 4 nitrogen and oxygen atoms in total. The highest BCUT2D eigenvalue weighted by atomic mass is 16.2. The number of hydrogen-bond acceptors (Lipinski definition) is 2. The van der Waals surface area contributed by atoms with Crippen LogP contribution < -0.4 is 15.5 Å². The topological polar surface area (TPSA) is 44.4 Å². The fourth-order valence-electron chi connectivity index (χ4n) is 2.68. The summed E-state index contributed by atoms with van der Waals surface area (Å²) in [5, 5.41) is 6.41. The number of hydrogen-bond donors (Lipinski definition) is 2. The van der Waals surface area contributed by atoms with Crippen molar-refractivity contribution in [2.75, 3.05) is 23.3 Å². The van der Waals surface area contributed by atoms with Gasteiger partial charge in [-0.25, -0.2) is 4.79 Å². The smallest absolute Gasteiger partial charge is 0.321 e. The Balaban J connectivity index is 1.98. The minimum atomic E-state index is 0.000511. The van der Waals surface area contributed by atoms with Gasteiger partial charge in [0.15, 0.2) is 0 Å². The highest BCUT2D eigenvalue weighted by Gasteiger charge is 2.20. The van der Waals surface area contributed by atoms with E-state index in [-0.39, 0.29) is 6.03 Å². The number of carbonyl (C=O) groups is 1. The molecule has 0 aliphatic carbocycles. The van der Waals surface area contributed by atoms with E-state index in [4.69, 9.17) is 0 Å². The van der Waals surface area contributed by atoms with E-state index in [1.165, 1.54) is 25.7 Å². The lowest BCUT2D eigenvalue weighted by Gasteiger charge is -2.20. The third-order valence-corrected chi connectivity index (χ3v) is 3.68. The second kappa shape index (κ2) is 7.17. The number of urea groups is 1. The van der Waals surface area contributed by atoms with Crippen molar-refractivity contribution >= 4 is 17.4 Å². The summed E-state index contributed by atoms with van der Waals surface area (Å²) in [6.07, 6.45) is 4.79. The molecule has 2 rings (SSSR count). The van der Waals surface area contributed by atoms with Crippen molar-refractivity contribution in [3.63, 3.8) is 0 Å². The minimum Gasteiger partial charge on any atom is -0.382 e. The normalized spacial score (nSPS) is 14.8. The van der Waals surface area contributed by atoms with Gasteiger partial charge in [0.25, 0.3) is 0 Å². The lowest BCUT2D eigenvalue weighted by Crippen LogP contribution is -2.27. The minimum absolute atomic E-state index is 0.000511. The van der Waals surface area contributed by atoms with Gasteiger partial charge in [0, 0.05) is 30.5 Å². The van der Waals surface area contributed by atoms with Gasteiger partial charge in [0.05, 0.1) is 0 Å². The fourth-order valence-corrected chi connectivity index (χ4v) is 2.68. The Bertz CT molecular complexity index is 424. The van der Waals surface area contributed by atoms with Crippen molar-refractivity contribution in [2.24, 2.45) is 0 Å². The number of anilines is 2. The molecule has 2 N–H and O–H groups in total. The summed E-state index contributed by atoms with van der Waals surface area (Å²) in [7, 11) is 0. The molecule has 0 saturated carbocycles. The lowest BCUT2D eigenvalue weighted by molar-refractivity contribution is 0.252. The first-order valence-electron chi connectivity index (χ1n) is 7.66. The Morgan fingerprint density at radius 3 is 2.35 bits per heavy atom. The monoisotopic (exact) mass is 275 g/mol. The van der Waals surface area contributed by atoms with E-state index < -0.39 is 0 Å². The number of benzene rings is 1. The number of nitrogens with zero attached hydrogens (tertiary/aromatic N) is 1. The van der Waals surface area contributed by atoms with E-state index in [2.05, 4.69) is 36.6 Å². The molecule has 2 amide bonds. The molecule has 1 aliphatic rings. The van der Waals surface area contributed by atoms with E-state index in [0.29, 0.717) is 6.04 Å². The fraction of sp³-hybridized carbons (Fsp3) is 0.562. The van der Waals surface area contributed by atoms with Gasteiger partial charge in [-0.1, -0.05) is 26.7 Å². The quantitative estimate of drug-likeness (QED) is 0.798. The van der Waals surface area contributed by atoms with Crippen molar-refractivity contribution < 1.29 is 4.79 Å². The van der Waals surface area contributed by atoms with Crippen LogP contribution in [0.3, 0.4) is 0 Å². The summed E-state index contributed by atoms with van der Waals surface area (Å²) >= 11 is 0. The van der Waals surface area contributed by atoms with Gasteiger partial charge < -0.3 is 10.6 Å². The Labute approximate surface area is 121 Å². The van der Waals surface area contributed by atoms with Crippen LogP contribution in [-0.2, 0) is 0 Å². The SMILES string of the molecule is CCCC(CCC)Nc1ccc(N2CCNC2=O)cc1. The molecule has 0 spiro atoms. The van der Waals surface area contributed by atoms with Crippen molar-refractivity contribution in [2.45, 2.75) is 45.6 Å². The van der Waals surface area contributed by atoms with Crippen LogP contribution in [0.1, 0.15) is 39.5 Å². The Kier molecular flexibility index (Phi) is 5.27. The summed E-state index contributed by atoms with van der Waals surface area (Å²) < 4.78 is 0. The van der Waals surface area contributed by atoms with Crippen molar-refractivity contribution in [1.29, 1.82) is 0 Å². The largest absolute Gasteiger partial charge is 0.382 e. The maximum atomic E-state index is 11.6. The molecule has 0 unspecified atom stereocenters. The van der Waals surface area contributed by atoms with Gasteiger partial charge in [0.1, 0.15) is 0 Å². The van der Waals surface area contributed by atoms with E-state index in [9.17, 15) is 4.79 Å². The molecule has 1 aromatic carbocycles. The number of nitrogens with one attached hydrogen (secondary N) is 2. The predicted octanol–water partition coefficient (Wildman–Crippen LogP) is 3.60. The zero-order chi connectivity index (χ0) is 14.4. The highest BCUT2D eigenvalue weighted by molar-refractivity contribution is 5.94. The first-order valence-corrected chi connectivity index (χ1v) is 7.66. The average Bonchev–Trinajstić information content (AvgIpc) is 2.86. The second-order valence-electron chi connectivity index (χ2n) is 5.35. The summed E-state index contributed by atoms with van der Waals surface area (Å²) in [6, 6.07) is 8.72. The molecule has 110 valence electrons. The van der Waals surface area contributed by atoms with Gasteiger partial charge in [-0.05, 0) is 37.1 Å². The van der Waals surface area contributed by atoms with E-state index >= 15 is 0 Å². The van der Waals surface area contributed by atoms with E-state index in [1.807, 2.05) is 12.1 Å². The van der Waals surface area contributed by atoms with Gasteiger partial charge in [-0.3, -0.25) is 4.90 Å². The number of carbonyl (C=O) groups excluding carboxylic acids is 1. The van der Waals surface area contributed by atoms with Gasteiger partial charge >= 0.3 is 6.03 Å². The molecule has 0 radical (unpaired) electrons. The number of amides is 2. The third-order valence-electron chi connectivity index (χ3n) is 3.68. The van der Waals surface area contributed by atoms with Gasteiger partial charge in [0.2, 0.25) is 0 Å². The second-order valence-corrected chi connectivity index (χ2v) is 5.35. The van der Waals surface area contributed by atoms with Crippen LogP contribution >= 0.6 is 0 Å². The van der Waals surface area contributed by atoms with Gasteiger partial charge in [-0.15, -0.1) is 0 Å². The maximum absolute atomic E-state index is 11.6. The summed E-state index contributed by atoms with van der Waals surface area (Å²) in [6.45, 7) is 5.92. The third kappa shape index (κ3) is 3.65. The zero-order valence-corrected chi connectivity index (χ0v) is 12.5. The van der Waals surface area contributed by atoms with Crippen LogP contribution in [0.5, 0.6) is 0 Å². The molecule has 0 aromatic heterocycles. The molecule has 4 heteroatoms. The molecular formula is C16H25N3O. The Morgan fingerprint density at radius 1 is 1.20 bits per heavy atom. The Morgan fingerprint density at radius 2 is 1.85 bits per heavy atom. The molecule has 1 fully saturated rings. The van der Waals surface area contributed by atoms with Crippen LogP contribution in [0.25, 0.3) is 0 Å². The molecule has 0 bridgehead atoms. The van der Waals surface area contributed by atoms with Crippen molar-refractivity contribution in [1.82, 2.24) is 5.32 Å².